The van der Waals surface area contributed by atoms with E-state index in [2.05, 4.69) is 25.5 Å². The van der Waals surface area contributed by atoms with Crippen molar-refractivity contribution in [2.24, 2.45) is 5.92 Å². The molecule has 9 heteroatoms. The van der Waals surface area contributed by atoms with Crippen LogP contribution < -0.4 is 16.3 Å². The Kier molecular flexibility index (Phi) is 7.86. The number of hydrogen-bond donors (Lipinski definition) is 4. The lowest BCUT2D eigenvalue weighted by atomic mass is 9.95. The first-order valence-corrected chi connectivity index (χ1v) is 11.0. The third kappa shape index (κ3) is 6.41. The van der Waals surface area contributed by atoms with Gasteiger partial charge in [-0.3, -0.25) is 14.5 Å². The summed E-state index contributed by atoms with van der Waals surface area (Å²) in [4.78, 5) is 43.9. The highest BCUT2D eigenvalue weighted by Crippen LogP contribution is 2.20. The lowest BCUT2D eigenvalue weighted by Crippen LogP contribution is -2.48. The van der Waals surface area contributed by atoms with Gasteiger partial charge < -0.3 is 25.3 Å². The van der Waals surface area contributed by atoms with Gasteiger partial charge in [0.1, 0.15) is 0 Å². The zero-order valence-corrected chi connectivity index (χ0v) is 18.5. The summed E-state index contributed by atoms with van der Waals surface area (Å²) in [5.41, 5.74) is 1.71. The lowest BCUT2D eigenvalue weighted by Gasteiger charge is -2.34. The van der Waals surface area contributed by atoms with Crippen LogP contribution in [0, 0.1) is 5.92 Å². The number of likely N-dealkylation sites (tertiary alicyclic amines) is 1. The molecule has 1 unspecified atom stereocenters. The molecular formula is C22H33N5O4. The van der Waals surface area contributed by atoms with Crippen LogP contribution in [0.15, 0.2) is 23.0 Å². The summed E-state index contributed by atoms with van der Waals surface area (Å²) in [6, 6.07) is 4.95. The van der Waals surface area contributed by atoms with Crippen molar-refractivity contribution in [1.29, 1.82) is 0 Å². The van der Waals surface area contributed by atoms with Crippen molar-refractivity contribution in [2.75, 3.05) is 31.6 Å². The molecule has 3 rings (SSSR count). The normalized spacial score (nSPS) is 16.5. The number of nitrogens with one attached hydrogen (secondary N) is 4. The number of rotatable bonds is 9. The Bertz CT molecular complexity index is 943. The maximum atomic E-state index is 12.7. The molecule has 2 aromatic rings. The predicted octanol–water partition coefficient (Wildman–Crippen LogP) is 1.83. The molecule has 0 bridgehead atoms. The number of anilines is 1. The molecule has 170 valence electrons. The van der Waals surface area contributed by atoms with Gasteiger partial charge in [-0.15, -0.1) is 0 Å². The summed E-state index contributed by atoms with van der Waals surface area (Å²) in [7, 11) is 0. The highest BCUT2D eigenvalue weighted by atomic mass is 16.5. The Morgan fingerprint density at radius 2 is 1.87 bits per heavy atom. The number of imidazole rings is 1. The van der Waals surface area contributed by atoms with Crippen molar-refractivity contribution < 1.29 is 14.3 Å². The van der Waals surface area contributed by atoms with Gasteiger partial charge in [0.05, 0.1) is 23.2 Å². The minimum atomic E-state index is -0.307. The quantitative estimate of drug-likeness (QED) is 0.452. The maximum Gasteiger partial charge on any atom is 0.323 e. The van der Waals surface area contributed by atoms with Crippen LogP contribution >= 0.6 is 0 Å². The molecule has 1 fully saturated rings. The number of amides is 2. The summed E-state index contributed by atoms with van der Waals surface area (Å²) < 4.78 is 5.48. The molecule has 9 nitrogen and oxygen atoms in total. The molecule has 2 amide bonds. The average Bonchev–Trinajstić information content (AvgIpc) is 3.12. The first-order chi connectivity index (χ1) is 14.8. The third-order valence-electron chi connectivity index (χ3n) is 5.68. The van der Waals surface area contributed by atoms with Gasteiger partial charge >= 0.3 is 5.69 Å². The van der Waals surface area contributed by atoms with E-state index in [4.69, 9.17) is 4.74 Å². The van der Waals surface area contributed by atoms with E-state index in [0.29, 0.717) is 43.0 Å². The molecule has 1 aliphatic heterocycles. The van der Waals surface area contributed by atoms with Crippen molar-refractivity contribution in [2.45, 2.75) is 52.2 Å². The van der Waals surface area contributed by atoms with Crippen molar-refractivity contribution in [3.63, 3.8) is 0 Å². The minimum Gasteiger partial charge on any atom is -0.379 e. The highest BCUT2D eigenvalue weighted by molar-refractivity contribution is 5.96. The minimum absolute atomic E-state index is 0.00893. The van der Waals surface area contributed by atoms with Crippen molar-refractivity contribution in [1.82, 2.24) is 20.2 Å². The molecule has 0 saturated carbocycles. The predicted molar refractivity (Wildman–Crippen MR) is 120 cm³/mol. The molecule has 0 spiro atoms. The van der Waals surface area contributed by atoms with E-state index in [1.165, 1.54) is 0 Å². The zero-order chi connectivity index (χ0) is 22.4. The summed E-state index contributed by atoms with van der Waals surface area (Å²) >= 11 is 0. The number of H-pyrrole nitrogens is 2. The molecule has 0 aliphatic carbocycles. The van der Waals surface area contributed by atoms with Crippen LogP contribution in [-0.4, -0.2) is 65.1 Å². The number of carbonyl (C=O) groups excluding carboxylic acids is 2. The molecule has 1 saturated heterocycles. The second kappa shape index (κ2) is 10.6. The number of piperidine rings is 1. The Balaban J connectivity index is 1.42. The number of fused-ring (bicyclic) bond motifs is 1. The van der Waals surface area contributed by atoms with E-state index in [9.17, 15) is 14.4 Å². The number of carbonyl (C=O) groups is 2. The first kappa shape index (κ1) is 23.0. The van der Waals surface area contributed by atoms with E-state index in [0.717, 1.165) is 19.3 Å². The Hall–Kier alpha value is -2.65. The first-order valence-electron chi connectivity index (χ1n) is 11.0. The summed E-state index contributed by atoms with van der Waals surface area (Å²) in [6.45, 7) is 8.55. The van der Waals surface area contributed by atoms with E-state index >= 15 is 0 Å². The van der Waals surface area contributed by atoms with Gasteiger partial charge in [-0.25, -0.2) is 4.79 Å². The van der Waals surface area contributed by atoms with E-state index in [-0.39, 0.29) is 35.6 Å². The van der Waals surface area contributed by atoms with Crippen LogP contribution in [0.3, 0.4) is 0 Å². The van der Waals surface area contributed by atoms with Crippen LogP contribution in [0.5, 0.6) is 0 Å². The molecule has 4 N–H and O–H groups in total. The maximum absolute atomic E-state index is 12.7. The van der Waals surface area contributed by atoms with Crippen LogP contribution in [0.4, 0.5) is 5.69 Å². The van der Waals surface area contributed by atoms with E-state index < -0.39 is 0 Å². The second-order valence-electron chi connectivity index (χ2n) is 8.38. The number of aromatic nitrogens is 2. The van der Waals surface area contributed by atoms with Crippen molar-refractivity contribution in [3.05, 3.63) is 28.7 Å². The number of aromatic amines is 2. The van der Waals surface area contributed by atoms with Crippen molar-refractivity contribution in [3.8, 4) is 0 Å². The topological polar surface area (TPSA) is 119 Å². The zero-order valence-electron chi connectivity index (χ0n) is 18.5. The molecular weight excluding hydrogens is 398 g/mol. The number of nitrogens with zero attached hydrogens (tertiary/aromatic N) is 1. The van der Waals surface area contributed by atoms with Gasteiger partial charge in [0, 0.05) is 24.8 Å². The smallest absolute Gasteiger partial charge is 0.323 e. The molecule has 1 aromatic heterocycles. The molecule has 1 aromatic carbocycles. The Labute approximate surface area is 181 Å². The standard InChI is InChI=1S/C22H33N5O4/c1-14(2)31-12-4-9-23-21(29)16-7-10-27(11-8-16)15(3)20(28)24-17-5-6-18-19(13-17)26-22(30)25-18/h5-6,13-16H,4,7-12H2,1-3H3,(H,23,29)(H,24,28)(H2,25,26,30). The summed E-state index contributed by atoms with van der Waals surface area (Å²) in [5, 5.41) is 5.91. The fourth-order valence-corrected chi connectivity index (χ4v) is 3.82. The van der Waals surface area contributed by atoms with Crippen LogP contribution in [0.25, 0.3) is 11.0 Å². The number of benzene rings is 1. The Morgan fingerprint density at radius 1 is 1.16 bits per heavy atom. The molecule has 0 radical (unpaired) electrons. The van der Waals surface area contributed by atoms with Crippen LogP contribution in [-0.2, 0) is 14.3 Å². The molecule has 31 heavy (non-hydrogen) atoms. The third-order valence-corrected chi connectivity index (χ3v) is 5.68. The van der Waals surface area contributed by atoms with Gasteiger partial charge in [0.25, 0.3) is 0 Å². The van der Waals surface area contributed by atoms with Crippen LogP contribution in [0.2, 0.25) is 0 Å². The largest absolute Gasteiger partial charge is 0.379 e. The molecule has 1 atom stereocenters. The Morgan fingerprint density at radius 3 is 2.58 bits per heavy atom. The van der Waals surface area contributed by atoms with Gasteiger partial charge in [-0.05, 0) is 71.3 Å². The average molecular weight is 432 g/mol. The van der Waals surface area contributed by atoms with Crippen LogP contribution in [0.1, 0.15) is 40.0 Å². The lowest BCUT2D eigenvalue weighted by molar-refractivity contribution is -0.127. The van der Waals surface area contributed by atoms with E-state index in [1.807, 2.05) is 20.8 Å². The van der Waals surface area contributed by atoms with E-state index in [1.54, 1.807) is 18.2 Å². The molecule has 2 heterocycles. The summed E-state index contributed by atoms with van der Waals surface area (Å²) in [5.74, 6) is -0.0225. The van der Waals surface area contributed by atoms with Gasteiger partial charge in [-0.2, -0.15) is 0 Å². The molecule has 1 aliphatic rings. The van der Waals surface area contributed by atoms with Gasteiger partial charge in [-0.1, -0.05) is 0 Å². The highest BCUT2D eigenvalue weighted by Gasteiger charge is 2.29. The SMILES string of the molecule is CC(C)OCCCNC(=O)C1CCN(C(C)C(=O)Nc2ccc3[nH]c(=O)[nH]c3c2)CC1. The fraction of sp³-hybridized carbons (Fsp3) is 0.591. The monoisotopic (exact) mass is 431 g/mol. The van der Waals surface area contributed by atoms with Gasteiger partial charge in [0.2, 0.25) is 11.8 Å². The summed E-state index contributed by atoms with van der Waals surface area (Å²) in [6.07, 6.45) is 2.49. The van der Waals surface area contributed by atoms with Gasteiger partial charge in [0.15, 0.2) is 0 Å². The fourth-order valence-electron chi connectivity index (χ4n) is 3.82. The number of hydrogen-bond acceptors (Lipinski definition) is 5. The number of ether oxygens (including phenoxy) is 1. The second-order valence-corrected chi connectivity index (χ2v) is 8.38. The van der Waals surface area contributed by atoms with Crippen molar-refractivity contribution >= 4 is 28.5 Å².